The fourth-order valence-corrected chi connectivity index (χ4v) is 4.40. The second kappa shape index (κ2) is 8.70. The van der Waals surface area contributed by atoms with E-state index in [2.05, 4.69) is 52.9 Å². The van der Waals surface area contributed by atoms with Crippen molar-refractivity contribution in [1.82, 2.24) is 5.32 Å². The van der Waals surface area contributed by atoms with E-state index in [0.29, 0.717) is 5.41 Å². The van der Waals surface area contributed by atoms with Crippen LogP contribution in [0.4, 0.5) is 0 Å². The summed E-state index contributed by atoms with van der Waals surface area (Å²) in [4.78, 5) is 0. The van der Waals surface area contributed by atoms with Crippen LogP contribution in [0.5, 0.6) is 0 Å². The van der Waals surface area contributed by atoms with Crippen LogP contribution in [0.2, 0.25) is 0 Å². The molecule has 0 bridgehead atoms. The van der Waals surface area contributed by atoms with E-state index in [-0.39, 0.29) is 0 Å². The van der Waals surface area contributed by atoms with Gasteiger partial charge in [0.2, 0.25) is 0 Å². The molecule has 1 heteroatoms. The van der Waals surface area contributed by atoms with E-state index < -0.39 is 0 Å². The monoisotopic (exact) mass is 331 g/mol. The van der Waals surface area contributed by atoms with Crippen molar-refractivity contribution >= 4 is 0 Å². The molecule has 2 rings (SSSR count). The number of rotatable bonds is 11. The Bertz CT molecular complexity index is 462. The molecule has 1 saturated carbocycles. The first-order valence-corrected chi connectivity index (χ1v) is 10.4. The summed E-state index contributed by atoms with van der Waals surface area (Å²) < 4.78 is 0. The second-order valence-corrected chi connectivity index (χ2v) is 9.36. The van der Waals surface area contributed by atoms with Gasteiger partial charge in [0.25, 0.3) is 0 Å². The largest absolute Gasteiger partial charge is 0.316 e. The van der Waals surface area contributed by atoms with Crippen LogP contribution in [0.1, 0.15) is 86.5 Å². The maximum Gasteiger partial charge on any atom is 0.000838 e. The topological polar surface area (TPSA) is 12.0 Å². The first-order chi connectivity index (χ1) is 11.3. The van der Waals surface area contributed by atoms with Crippen LogP contribution in [-0.2, 0) is 0 Å². The van der Waals surface area contributed by atoms with Crippen molar-refractivity contribution in [1.29, 1.82) is 0 Å². The highest BCUT2D eigenvalue weighted by Gasteiger charge is 2.36. The molecule has 0 aromatic rings. The van der Waals surface area contributed by atoms with E-state index in [0.717, 1.165) is 30.8 Å². The van der Waals surface area contributed by atoms with Gasteiger partial charge in [-0.05, 0) is 68.7 Å². The van der Waals surface area contributed by atoms with E-state index in [1.165, 1.54) is 44.9 Å². The highest BCUT2D eigenvalue weighted by Crippen LogP contribution is 2.44. The van der Waals surface area contributed by atoms with Crippen molar-refractivity contribution in [3.8, 4) is 0 Å². The minimum absolute atomic E-state index is 0.360. The predicted molar refractivity (Wildman–Crippen MR) is 107 cm³/mol. The Labute approximate surface area is 151 Å². The van der Waals surface area contributed by atoms with Crippen LogP contribution in [0, 0.1) is 23.2 Å². The molecular weight excluding hydrogens is 290 g/mol. The Morgan fingerprint density at radius 3 is 2.50 bits per heavy atom. The molecule has 1 atom stereocenters. The Morgan fingerprint density at radius 2 is 2.00 bits per heavy atom. The standard InChI is InChI=1S/C23H41N/c1-7-9-18(4)14-22(19-10-8-11-19)23(5,6)16-24-13-12-20-15-21(20)17(2)3/h14,17,19,22,24H,7-13,15-16H2,1-6H3. The van der Waals surface area contributed by atoms with Gasteiger partial charge < -0.3 is 5.32 Å². The first-order valence-electron chi connectivity index (χ1n) is 10.4. The summed E-state index contributed by atoms with van der Waals surface area (Å²) in [6.45, 7) is 16.5. The van der Waals surface area contributed by atoms with Gasteiger partial charge in [-0.3, -0.25) is 0 Å². The Balaban J connectivity index is 1.84. The lowest BCUT2D eigenvalue weighted by molar-refractivity contribution is 0.119. The normalized spacial score (nSPS) is 20.5. The van der Waals surface area contributed by atoms with Gasteiger partial charge in [0.05, 0.1) is 0 Å². The van der Waals surface area contributed by atoms with Crippen molar-refractivity contribution in [2.75, 3.05) is 13.1 Å². The minimum Gasteiger partial charge on any atom is -0.316 e. The van der Waals surface area contributed by atoms with Gasteiger partial charge in [-0.2, -0.15) is 0 Å². The summed E-state index contributed by atoms with van der Waals surface area (Å²) in [6, 6.07) is 0. The van der Waals surface area contributed by atoms with E-state index >= 15 is 0 Å². The average molecular weight is 332 g/mol. The molecule has 1 N–H and O–H groups in total. The first kappa shape index (κ1) is 19.8. The van der Waals surface area contributed by atoms with Crippen LogP contribution in [0.25, 0.3) is 0 Å². The molecule has 0 radical (unpaired) electrons. The van der Waals surface area contributed by atoms with E-state index in [4.69, 9.17) is 0 Å². The number of nitrogens with one attached hydrogen (secondary N) is 1. The molecule has 0 spiro atoms. The zero-order valence-electron chi connectivity index (χ0n) is 17.2. The molecular formula is C23H41N. The Hall–Kier alpha value is -0.560. The number of hydrogen-bond acceptors (Lipinski definition) is 1. The van der Waals surface area contributed by atoms with Gasteiger partial charge in [0.1, 0.15) is 0 Å². The fourth-order valence-electron chi connectivity index (χ4n) is 4.40. The lowest BCUT2D eigenvalue weighted by Gasteiger charge is -2.43. The molecule has 0 heterocycles. The molecule has 1 fully saturated rings. The van der Waals surface area contributed by atoms with Crippen molar-refractivity contribution in [2.45, 2.75) is 86.5 Å². The van der Waals surface area contributed by atoms with Crippen molar-refractivity contribution in [3.63, 3.8) is 0 Å². The lowest BCUT2D eigenvalue weighted by Crippen LogP contribution is -2.40. The Kier molecular flexibility index (Phi) is 7.16. The summed E-state index contributed by atoms with van der Waals surface area (Å²) >= 11 is 0. The molecule has 2 aliphatic carbocycles. The molecule has 2 aliphatic rings. The zero-order valence-corrected chi connectivity index (χ0v) is 17.2. The number of hydrogen-bond donors (Lipinski definition) is 1. The quantitative estimate of drug-likeness (QED) is 0.336. The average Bonchev–Trinajstić information content (AvgIpc) is 3.21. The van der Waals surface area contributed by atoms with Gasteiger partial charge in [-0.1, -0.05) is 70.3 Å². The van der Waals surface area contributed by atoms with Crippen LogP contribution in [-0.4, -0.2) is 13.1 Å². The molecule has 24 heavy (non-hydrogen) atoms. The molecule has 1 nitrogen and oxygen atoms in total. The third kappa shape index (κ3) is 5.48. The number of allylic oxidation sites excluding steroid dienone is 3. The van der Waals surface area contributed by atoms with Crippen molar-refractivity contribution in [2.24, 2.45) is 23.2 Å². The highest BCUT2D eigenvalue weighted by molar-refractivity contribution is 5.36. The van der Waals surface area contributed by atoms with Gasteiger partial charge in [-0.25, -0.2) is 0 Å². The van der Waals surface area contributed by atoms with Crippen LogP contribution < -0.4 is 5.32 Å². The predicted octanol–water partition coefficient (Wildman–Crippen LogP) is 6.51. The third-order valence-corrected chi connectivity index (χ3v) is 6.28. The molecule has 0 saturated heterocycles. The van der Waals surface area contributed by atoms with E-state index in [1.54, 1.807) is 16.7 Å². The molecule has 0 amide bonds. The van der Waals surface area contributed by atoms with Crippen LogP contribution >= 0.6 is 0 Å². The third-order valence-electron chi connectivity index (χ3n) is 6.28. The smallest absolute Gasteiger partial charge is 0.000838 e. The molecule has 0 aromatic heterocycles. The van der Waals surface area contributed by atoms with Crippen molar-refractivity contribution < 1.29 is 0 Å². The second-order valence-electron chi connectivity index (χ2n) is 9.36. The highest BCUT2D eigenvalue weighted by atomic mass is 14.9. The summed E-state index contributed by atoms with van der Waals surface area (Å²) in [5.74, 6) is 2.44. The van der Waals surface area contributed by atoms with Crippen LogP contribution in [0.3, 0.4) is 0 Å². The summed E-state index contributed by atoms with van der Waals surface area (Å²) in [5, 5.41) is 3.78. The molecule has 0 aromatic carbocycles. The Morgan fingerprint density at radius 1 is 1.29 bits per heavy atom. The van der Waals surface area contributed by atoms with Crippen LogP contribution in [0.15, 0.2) is 22.8 Å². The van der Waals surface area contributed by atoms with Crippen molar-refractivity contribution in [3.05, 3.63) is 22.8 Å². The fraction of sp³-hybridized carbons (Fsp3) is 0.826. The van der Waals surface area contributed by atoms with E-state index in [1.807, 2.05) is 0 Å². The zero-order chi connectivity index (χ0) is 17.7. The van der Waals surface area contributed by atoms with Gasteiger partial charge in [0, 0.05) is 6.54 Å². The SMILES string of the molecule is CCCC(C)=CC(C1CCC1)C(C)(C)CNCCC1=C(C(C)C)C1. The minimum atomic E-state index is 0.360. The maximum absolute atomic E-state index is 3.78. The van der Waals surface area contributed by atoms with Gasteiger partial charge in [-0.15, -0.1) is 0 Å². The lowest BCUT2D eigenvalue weighted by atomic mass is 9.64. The summed E-state index contributed by atoms with van der Waals surface area (Å²) in [6.07, 6.45) is 12.1. The maximum atomic E-state index is 3.78. The van der Waals surface area contributed by atoms with Gasteiger partial charge >= 0.3 is 0 Å². The van der Waals surface area contributed by atoms with E-state index in [9.17, 15) is 0 Å². The summed E-state index contributed by atoms with van der Waals surface area (Å²) in [5.41, 5.74) is 5.41. The summed E-state index contributed by atoms with van der Waals surface area (Å²) in [7, 11) is 0. The molecule has 138 valence electrons. The molecule has 1 unspecified atom stereocenters. The molecule has 0 aliphatic heterocycles. The van der Waals surface area contributed by atoms with Gasteiger partial charge in [0.15, 0.2) is 0 Å².